The topological polar surface area (TPSA) is 137 Å². The summed E-state index contributed by atoms with van der Waals surface area (Å²) in [6, 6.07) is 5.57. The number of carbonyl (C=O) groups excluding carboxylic acids is 1. The Morgan fingerprint density at radius 2 is 2.03 bits per heavy atom. The summed E-state index contributed by atoms with van der Waals surface area (Å²) in [4.78, 5) is 29.5. The van der Waals surface area contributed by atoms with Crippen LogP contribution in [-0.2, 0) is 26.9 Å². The van der Waals surface area contributed by atoms with Crippen LogP contribution in [0.5, 0.6) is 5.75 Å². The van der Waals surface area contributed by atoms with Gasteiger partial charge in [-0.05, 0) is 30.5 Å². The van der Waals surface area contributed by atoms with E-state index in [1.165, 1.54) is 13.8 Å². The zero-order valence-electron chi connectivity index (χ0n) is 17.8. The van der Waals surface area contributed by atoms with E-state index in [4.69, 9.17) is 15.2 Å². The predicted molar refractivity (Wildman–Crippen MR) is 116 cm³/mol. The smallest absolute Gasteiger partial charge is 0.309 e. The number of ether oxygens (including phenoxy) is 2. The van der Waals surface area contributed by atoms with Crippen molar-refractivity contribution in [2.75, 3.05) is 44.6 Å². The number of rotatable bonds is 10. The van der Waals surface area contributed by atoms with Crippen molar-refractivity contribution in [2.45, 2.75) is 26.2 Å². The summed E-state index contributed by atoms with van der Waals surface area (Å²) in [5.74, 6) is 1.07. The summed E-state index contributed by atoms with van der Waals surface area (Å²) in [7, 11) is -0.121. The van der Waals surface area contributed by atoms with E-state index in [1.807, 2.05) is 25.1 Å². The van der Waals surface area contributed by atoms with Gasteiger partial charge < -0.3 is 25.4 Å². The van der Waals surface area contributed by atoms with Crippen LogP contribution in [0.3, 0.4) is 0 Å². The van der Waals surface area contributed by atoms with Crippen LogP contribution < -0.4 is 15.8 Å². The van der Waals surface area contributed by atoms with Crippen LogP contribution in [0.15, 0.2) is 18.2 Å². The molecule has 30 heavy (non-hydrogen) atoms. The van der Waals surface area contributed by atoms with Gasteiger partial charge in [-0.3, -0.25) is 9.36 Å². The van der Waals surface area contributed by atoms with E-state index in [9.17, 15) is 14.3 Å². The number of aromatic nitrogens is 2. The molecule has 0 radical (unpaired) electrons. The average Bonchev–Trinajstić information content (AvgIpc) is 2.67. The second kappa shape index (κ2) is 10.4. The molecule has 4 N–H and O–H groups in total. The van der Waals surface area contributed by atoms with Crippen molar-refractivity contribution in [3.8, 4) is 5.75 Å². The zero-order chi connectivity index (χ0) is 22.3. The molecule has 0 aliphatic rings. The maximum Gasteiger partial charge on any atom is 0.309 e. The molecule has 9 nitrogen and oxygen atoms in total. The molecule has 1 aromatic carbocycles. The summed E-state index contributed by atoms with van der Waals surface area (Å²) in [5, 5.41) is 3.20. The lowest BCUT2D eigenvalue weighted by Gasteiger charge is -2.16. The molecule has 1 unspecified atom stereocenters. The van der Waals surface area contributed by atoms with Crippen molar-refractivity contribution in [1.82, 2.24) is 9.97 Å². The van der Waals surface area contributed by atoms with Gasteiger partial charge >= 0.3 is 5.97 Å². The molecule has 2 aromatic rings. The van der Waals surface area contributed by atoms with Gasteiger partial charge in [-0.1, -0.05) is 12.1 Å². The van der Waals surface area contributed by atoms with Gasteiger partial charge in [-0.15, -0.1) is 0 Å². The largest absolute Gasteiger partial charge is 0.496 e. The first kappa shape index (κ1) is 23.6. The molecule has 2 rings (SSSR count). The molecule has 1 atom stereocenters. The Labute approximate surface area is 176 Å². The Morgan fingerprint density at radius 1 is 1.30 bits per heavy atom. The van der Waals surface area contributed by atoms with Crippen LogP contribution in [0.25, 0.3) is 0 Å². The van der Waals surface area contributed by atoms with E-state index in [2.05, 4.69) is 15.3 Å². The SMILES string of the molecule is COC(=O)Cc1ccc(Cc2c(C)nc(N)nc2NCCCP(C)(=O)O)c(OC)c1. The molecule has 0 amide bonds. The number of esters is 1. The first-order chi connectivity index (χ1) is 14.1. The number of hydrogen-bond acceptors (Lipinski definition) is 8. The van der Waals surface area contributed by atoms with E-state index in [0.717, 1.165) is 22.4 Å². The monoisotopic (exact) mass is 436 g/mol. The second-order valence-electron chi connectivity index (χ2n) is 7.13. The molecule has 1 heterocycles. The van der Waals surface area contributed by atoms with Crippen molar-refractivity contribution in [3.63, 3.8) is 0 Å². The standard InChI is InChI=1S/C20H29N4O5P/c1-13-16(19(24-20(21)23-13)22-8-5-9-30(4,26)27)12-15-7-6-14(10-17(15)28-2)11-18(25)29-3/h6-7,10H,5,8-9,11-12H2,1-4H3,(H,26,27)(H3,21,22,23,24). The summed E-state index contributed by atoms with van der Waals surface area (Å²) >= 11 is 0. The van der Waals surface area contributed by atoms with Gasteiger partial charge in [0.2, 0.25) is 5.95 Å². The Hall–Kier alpha value is -2.64. The average molecular weight is 436 g/mol. The Morgan fingerprint density at radius 3 is 2.67 bits per heavy atom. The molecule has 0 aliphatic heterocycles. The molecule has 0 saturated heterocycles. The minimum absolute atomic E-state index is 0.155. The lowest BCUT2D eigenvalue weighted by molar-refractivity contribution is -0.139. The number of benzene rings is 1. The molecule has 0 saturated carbocycles. The zero-order valence-corrected chi connectivity index (χ0v) is 18.7. The van der Waals surface area contributed by atoms with Gasteiger partial charge in [-0.25, -0.2) is 4.98 Å². The Balaban J connectivity index is 2.24. The predicted octanol–water partition coefficient (Wildman–Crippen LogP) is 2.38. The number of aryl methyl sites for hydroxylation is 1. The van der Waals surface area contributed by atoms with Gasteiger partial charge in [-0.2, -0.15) is 4.98 Å². The Bertz CT molecular complexity index is 945. The molecule has 0 bridgehead atoms. The highest BCUT2D eigenvalue weighted by Gasteiger charge is 2.16. The molecule has 0 spiro atoms. The van der Waals surface area contributed by atoms with E-state index in [-0.39, 0.29) is 24.5 Å². The number of carbonyl (C=O) groups is 1. The highest BCUT2D eigenvalue weighted by atomic mass is 31.2. The maximum absolute atomic E-state index is 11.5. The van der Waals surface area contributed by atoms with Crippen LogP contribution in [0.4, 0.5) is 11.8 Å². The van der Waals surface area contributed by atoms with Gasteiger partial charge in [0.15, 0.2) is 7.37 Å². The fourth-order valence-corrected chi connectivity index (χ4v) is 3.77. The fraction of sp³-hybridized carbons (Fsp3) is 0.450. The van der Waals surface area contributed by atoms with Gasteiger partial charge in [0.1, 0.15) is 11.6 Å². The summed E-state index contributed by atoms with van der Waals surface area (Å²) in [6.45, 7) is 3.68. The van der Waals surface area contributed by atoms with Crippen molar-refractivity contribution in [1.29, 1.82) is 0 Å². The number of nitrogens with two attached hydrogens (primary N) is 1. The van der Waals surface area contributed by atoms with Crippen molar-refractivity contribution >= 4 is 25.1 Å². The van der Waals surface area contributed by atoms with Gasteiger partial charge in [0, 0.05) is 37.0 Å². The molecular weight excluding hydrogens is 407 g/mol. The third-order valence-corrected chi connectivity index (χ3v) is 5.71. The van der Waals surface area contributed by atoms with E-state index >= 15 is 0 Å². The quantitative estimate of drug-likeness (QED) is 0.291. The van der Waals surface area contributed by atoms with E-state index in [0.29, 0.717) is 31.0 Å². The minimum Gasteiger partial charge on any atom is -0.496 e. The van der Waals surface area contributed by atoms with Crippen LogP contribution >= 0.6 is 7.37 Å². The third-order valence-electron chi connectivity index (χ3n) is 4.57. The van der Waals surface area contributed by atoms with Crippen molar-refractivity contribution < 1.29 is 23.7 Å². The minimum atomic E-state index is -3.05. The molecule has 0 fully saturated rings. The fourth-order valence-electron chi connectivity index (χ4n) is 3.03. The normalized spacial score (nSPS) is 12.8. The highest BCUT2D eigenvalue weighted by Crippen LogP contribution is 2.35. The first-order valence-corrected chi connectivity index (χ1v) is 11.8. The maximum atomic E-state index is 11.5. The third kappa shape index (κ3) is 7.00. The molecule has 164 valence electrons. The van der Waals surface area contributed by atoms with Crippen LogP contribution in [0.2, 0.25) is 0 Å². The number of nitrogen functional groups attached to an aromatic ring is 1. The first-order valence-electron chi connectivity index (χ1n) is 9.51. The number of methoxy groups -OCH3 is 2. The van der Waals surface area contributed by atoms with Crippen LogP contribution in [-0.4, -0.2) is 54.4 Å². The van der Waals surface area contributed by atoms with Crippen molar-refractivity contribution in [3.05, 3.63) is 40.6 Å². The number of nitrogens with one attached hydrogen (secondary N) is 1. The number of hydrogen-bond donors (Lipinski definition) is 3. The van der Waals surface area contributed by atoms with Gasteiger partial charge in [0.05, 0.1) is 20.6 Å². The van der Waals surface area contributed by atoms with Crippen molar-refractivity contribution in [2.24, 2.45) is 0 Å². The summed E-state index contributed by atoms with van der Waals surface area (Å²) in [5.41, 5.74) is 9.09. The lowest BCUT2D eigenvalue weighted by atomic mass is 10.0. The van der Waals surface area contributed by atoms with E-state index in [1.54, 1.807) is 7.11 Å². The second-order valence-corrected chi connectivity index (χ2v) is 9.67. The Kier molecular flexibility index (Phi) is 8.20. The molecular formula is C20H29N4O5P. The van der Waals surface area contributed by atoms with Gasteiger partial charge in [0.25, 0.3) is 0 Å². The number of anilines is 2. The summed E-state index contributed by atoms with van der Waals surface area (Å²) < 4.78 is 21.7. The molecule has 10 heteroatoms. The lowest BCUT2D eigenvalue weighted by Crippen LogP contribution is -2.12. The highest BCUT2D eigenvalue weighted by molar-refractivity contribution is 7.57. The molecule has 0 aliphatic carbocycles. The molecule has 1 aromatic heterocycles. The summed E-state index contributed by atoms with van der Waals surface area (Å²) in [6.07, 6.45) is 1.40. The van der Waals surface area contributed by atoms with E-state index < -0.39 is 7.37 Å². The van der Waals surface area contributed by atoms with Crippen LogP contribution in [0.1, 0.15) is 28.8 Å². The number of nitrogens with zero attached hydrogens (tertiary/aromatic N) is 2. The van der Waals surface area contributed by atoms with Crippen LogP contribution in [0, 0.1) is 6.92 Å².